The van der Waals surface area contributed by atoms with Crippen molar-refractivity contribution in [3.63, 3.8) is 0 Å². The van der Waals surface area contributed by atoms with E-state index in [0.29, 0.717) is 10.4 Å². The van der Waals surface area contributed by atoms with E-state index in [1.54, 1.807) is 6.07 Å². The molecule has 2 N–H and O–H groups in total. The van der Waals surface area contributed by atoms with Crippen LogP contribution in [0.2, 0.25) is 5.02 Å². The zero-order valence-electron chi connectivity index (χ0n) is 11.0. The van der Waals surface area contributed by atoms with E-state index >= 15 is 0 Å². The molecule has 110 valence electrons. The molecule has 0 fully saturated rings. The van der Waals surface area contributed by atoms with E-state index in [0.717, 1.165) is 4.70 Å². The minimum absolute atomic E-state index is 0.0508. The Morgan fingerprint density at radius 1 is 1.14 bits per heavy atom. The Bertz CT molecular complexity index is 905. The molecule has 0 aliphatic heterocycles. The Morgan fingerprint density at radius 3 is 2.64 bits per heavy atom. The van der Waals surface area contributed by atoms with Crippen molar-refractivity contribution in [2.75, 3.05) is 0 Å². The van der Waals surface area contributed by atoms with Gasteiger partial charge in [0.2, 0.25) is 0 Å². The Kier molecular flexibility index (Phi) is 3.79. The Labute approximate surface area is 134 Å². The fourth-order valence-corrected chi connectivity index (χ4v) is 2.98. The van der Waals surface area contributed by atoms with Gasteiger partial charge in [-0.3, -0.25) is 0 Å². The smallest absolute Gasteiger partial charge is 0.335 e. The van der Waals surface area contributed by atoms with Gasteiger partial charge in [-0.05, 0) is 30.3 Å². The third-order valence-electron chi connectivity index (χ3n) is 2.99. The highest BCUT2D eigenvalue weighted by Gasteiger charge is 2.11. The van der Waals surface area contributed by atoms with E-state index in [2.05, 4.69) is 10.2 Å². The van der Waals surface area contributed by atoms with Crippen LogP contribution in [-0.4, -0.2) is 16.2 Å². The van der Waals surface area contributed by atoms with Crippen LogP contribution >= 0.6 is 22.9 Å². The summed E-state index contributed by atoms with van der Waals surface area (Å²) in [5.41, 5.74) is 0.303. The molecule has 2 aromatic carbocycles. The van der Waals surface area contributed by atoms with Gasteiger partial charge < -0.3 is 10.2 Å². The van der Waals surface area contributed by atoms with Crippen LogP contribution in [0, 0.1) is 0 Å². The summed E-state index contributed by atoms with van der Waals surface area (Å²) in [7, 11) is 0. The number of nitrogens with zero attached hydrogens (tertiary/aromatic N) is 2. The zero-order valence-corrected chi connectivity index (χ0v) is 12.6. The number of carboxylic acid groups (broad SMARTS) is 1. The van der Waals surface area contributed by atoms with Crippen molar-refractivity contribution < 1.29 is 15.0 Å². The van der Waals surface area contributed by atoms with Crippen LogP contribution in [0.15, 0.2) is 52.7 Å². The SMILES string of the molecule is O=C(O)c1ccc(Cl)c(N=Nc2sc3ccccc3c2O)c1. The standard InChI is InChI=1S/C15H9ClN2O3S/c16-10-6-5-8(15(20)21)7-11(10)17-18-14-13(19)9-3-1-2-4-12(9)22-14/h1-7,19H,(H,20,21). The number of benzene rings is 2. The van der Waals surface area contributed by atoms with Gasteiger partial charge in [-0.2, -0.15) is 0 Å². The maximum Gasteiger partial charge on any atom is 0.335 e. The first-order valence-corrected chi connectivity index (χ1v) is 7.41. The first-order chi connectivity index (χ1) is 10.6. The number of rotatable bonds is 3. The number of carboxylic acids is 1. The van der Waals surface area contributed by atoms with E-state index in [-0.39, 0.29) is 22.0 Å². The summed E-state index contributed by atoms with van der Waals surface area (Å²) < 4.78 is 0.888. The molecular weight excluding hydrogens is 324 g/mol. The lowest BCUT2D eigenvalue weighted by atomic mass is 10.2. The molecule has 0 unspecified atom stereocenters. The summed E-state index contributed by atoms with van der Waals surface area (Å²) in [5, 5.41) is 28.4. The quantitative estimate of drug-likeness (QED) is 0.632. The highest BCUT2D eigenvalue weighted by molar-refractivity contribution is 7.23. The summed E-state index contributed by atoms with van der Waals surface area (Å²) in [6.07, 6.45) is 0. The Morgan fingerprint density at radius 2 is 1.91 bits per heavy atom. The second-order valence-electron chi connectivity index (χ2n) is 4.42. The minimum Gasteiger partial charge on any atom is -0.504 e. The summed E-state index contributed by atoms with van der Waals surface area (Å²) >= 11 is 7.27. The third-order valence-corrected chi connectivity index (χ3v) is 4.36. The van der Waals surface area contributed by atoms with Crippen molar-refractivity contribution in [2.24, 2.45) is 10.2 Å². The molecule has 3 aromatic rings. The number of azo groups is 1. The monoisotopic (exact) mass is 332 g/mol. The van der Waals surface area contributed by atoms with Gasteiger partial charge in [0.15, 0.2) is 10.8 Å². The van der Waals surface area contributed by atoms with E-state index in [1.807, 2.05) is 18.2 Å². The Hall–Kier alpha value is -2.44. The van der Waals surface area contributed by atoms with Crippen LogP contribution in [0.3, 0.4) is 0 Å². The lowest BCUT2D eigenvalue weighted by Crippen LogP contribution is -1.94. The molecule has 0 saturated carbocycles. The number of carbonyl (C=O) groups is 1. The number of hydrogen-bond donors (Lipinski definition) is 2. The normalized spacial score (nSPS) is 11.3. The van der Waals surface area contributed by atoms with Gasteiger partial charge in [0.1, 0.15) is 5.69 Å². The van der Waals surface area contributed by atoms with Crippen molar-refractivity contribution in [1.29, 1.82) is 0 Å². The first kappa shape index (κ1) is 14.5. The first-order valence-electron chi connectivity index (χ1n) is 6.21. The van der Waals surface area contributed by atoms with E-state index in [9.17, 15) is 9.90 Å². The van der Waals surface area contributed by atoms with Crippen molar-refractivity contribution in [2.45, 2.75) is 0 Å². The van der Waals surface area contributed by atoms with Crippen LogP contribution in [0.1, 0.15) is 10.4 Å². The minimum atomic E-state index is -1.07. The molecular formula is C15H9ClN2O3S. The van der Waals surface area contributed by atoms with Gasteiger partial charge in [0.25, 0.3) is 0 Å². The largest absolute Gasteiger partial charge is 0.504 e. The molecule has 5 nitrogen and oxygen atoms in total. The summed E-state index contributed by atoms with van der Waals surface area (Å²) in [6, 6.07) is 11.5. The topological polar surface area (TPSA) is 82.2 Å². The molecule has 0 aliphatic rings. The molecule has 0 aliphatic carbocycles. The highest BCUT2D eigenvalue weighted by Crippen LogP contribution is 2.43. The van der Waals surface area contributed by atoms with Gasteiger partial charge in [0.05, 0.1) is 10.6 Å². The lowest BCUT2D eigenvalue weighted by Gasteiger charge is -1.99. The van der Waals surface area contributed by atoms with Crippen molar-refractivity contribution in [1.82, 2.24) is 0 Å². The summed E-state index contributed by atoms with van der Waals surface area (Å²) in [4.78, 5) is 11.0. The average molecular weight is 333 g/mol. The van der Waals surface area contributed by atoms with Crippen LogP contribution in [0.25, 0.3) is 10.1 Å². The number of thiophene rings is 1. The second kappa shape index (κ2) is 5.75. The molecule has 3 rings (SSSR count). The predicted octanol–water partition coefficient (Wildman–Crippen LogP) is 5.37. The predicted molar refractivity (Wildman–Crippen MR) is 86.1 cm³/mol. The molecule has 22 heavy (non-hydrogen) atoms. The molecule has 0 radical (unpaired) electrons. The van der Waals surface area contributed by atoms with Crippen molar-refractivity contribution in [3.05, 3.63) is 53.1 Å². The maximum atomic E-state index is 11.0. The van der Waals surface area contributed by atoms with Crippen LogP contribution in [0.5, 0.6) is 5.75 Å². The number of aromatic hydroxyl groups is 1. The molecule has 0 atom stereocenters. The highest BCUT2D eigenvalue weighted by atomic mass is 35.5. The molecule has 0 spiro atoms. The molecule has 0 amide bonds. The fourth-order valence-electron chi connectivity index (χ4n) is 1.91. The van der Waals surface area contributed by atoms with Crippen molar-refractivity contribution >= 4 is 49.7 Å². The van der Waals surface area contributed by atoms with Crippen LogP contribution in [-0.2, 0) is 0 Å². The van der Waals surface area contributed by atoms with Crippen LogP contribution in [0.4, 0.5) is 10.7 Å². The molecule has 1 aromatic heterocycles. The van der Waals surface area contributed by atoms with Gasteiger partial charge >= 0.3 is 5.97 Å². The van der Waals surface area contributed by atoms with Gasteiger partial charge in [-0.25, -0.2) is 4.79 Å². The number of hydrogen-bond acceptors (Lipinski definition) is 5. The molecule has 0 bridgehead atoms. The van der Waals surface area contributed by atoms with E-state index in [1.165, 1.54) is 29.5 Å². The second-order valence-corrected chi connectivity index (χ2v) is 5.86. The third kappa shape index (κ3) is 2.66. The molecule has 7 heteroatoms. The average Bonchev–Trinajstić information content (AvgIpc) is 2.83. The summed E-state index contributed by atoms with van der Waals surface area (Å²) in [6.45, 7) is 0. The zero-order chi connectivity index (χ0) is 15.7. The van der Waals surface area contributed by atoms with Gasteiger partial charge in [-0.1, -0.05) is 23.7 Å². The molecule has 0 saturated heterocycles. The van der Waals surface area contributed by atoms with Crippen molar-refractivity contribution in [3.8, 4) is 5.75 Å². The van der Waals surface area contributed by atoms with Gasteiger partial charge in [0, 0.05) is 10.1 Å². The number of fused-ring (bicyclic) bond motifs is 1. The van der Waals surface area contributed by atoms with E-state index in [4.69, 9.17) is 16.7 Å². The number of aromatic carboxylic acids is 1. The van der Waals surface area contributed by atoms with Crippen LogP contribution < -0.4 is 0 Å². The maximum absolute atomic E-state index is 11.0. The fraction of sp³-hybridized carbons (Fsp3) is 0. The summed E-state index contributed by atoms with van der Waals surface area (Å²) in [5.74, 6) is -1.02. The van der Waals surface area contributed by atoms with E-state index < -0.39 is 5.97 Å². The lowest BCUT2D eigenvalue weighted by molar-refractivity contribution is 0.0697. The van der Waals surface area contributed by atoms with Gasteiger partial charge in [-0.15, -0.1) is 21.6 Å². The number of halogens is 1. The Balaban J connectivity index is 2.01. The molecule has 1 heterocycles.